The predicted molar refractivity (Wildman–Crippen MR) is 89.9 cm³/mol. The summed E-state index contributed by atoms with van der Waals surface area (Å²) in [4.78, 5) is 22.3. The molecule has 4 rings (SSSR count). The van der Waals surface area contributed by atoms with Crippen molar-refractivity contribution in [2.45, 2.75) is 32.1 Å². The maximum atomic E-state index is 12.6. The number of hydrogen-bond acceptors (Lipinski definition) is 4. The summed E-state index contributed by atoms with van der Waals surface area (Å²) in [6, 6.07) is 7.88. The van der Waals surface area contributed by atoms with Gasteiger partial charge in [-0.3, -0.25) is 4.79 Å². The Bertz CT molecular complexity index is 834. The molecule has 6 heteroatoms. The number of aryl methyl sites for hydroxylation is 1. The fourth-order valence-corrected chi connectivity index (χ4v) is 3.35. The van der Waals surface area contributed by atoms with Crippen LogP contribution >= 0.6 is 0 Å². The fraction of sp³-hybridized carbons (Fsp3) is 0.389. The van der Waals surface area contributed by atoms with Crippen molar-refractivity contribution in [3.63, 3.8) is 0 Å². The van der Waals surface area contributed by atoms with Gasteiger partial charge in [0, 0.05) is 42.4 Å². The highest BCUT2D eigenvalue weighted by atomic mass is 16.5. The van der Waals surface area contributed by atoms with Crippen molar-refractivity contribution in [3.8, 4) is 0 Å². The second-order valence-corrected chi connectivity index (χ2v) is 6.29. The van der Waals surface area contributed by atoms with Gasteiger partial charge in [-0.25, -0.2) is 4.98 Å². The van der Waals surface area contributed by atoms with E-state index in [1.807, 2.05) is 17.9 Å². The van der Waals surface area contributed by atoms with Crippen molar-refractivity contribution in [2.75, 3.05) is 13.1 Å². The van der Waals surface area contributed by atoms with Crippen LogP contribution in [0.1, 0.15) is 47.6 Å². The van der Waals surface area contributed by atoms with E-state index in [1.165, 1.54) is 0 Å². The van der Waals surface area contributed by atoms with Crippen LogP contribution in [-0.4, -0.2) is 39.0 Å². The summed E-state index contributed by atoms with van der Waals surface area (Å²) >= 11 is 0. The normalized spacial score (nSPS) is 18.2. The van der Waals surface area contributed by atoms with Crippen molar-refractivity contribution in [1.29, 1.82) is 0 Å². The molecule has 1 unspecified atom stereocenters. The molecule has 1 aliphatic heterocycles. The van der Waals surface area contributed by atoms with Crippen LogP contribution in [0, 0.1) is 0 Å². The van der Waals surface area contributed by atoms with Gasteiger partial charge >= 0.3 is 0 Å². The SMILES string of the molecule is CCc1cc(C(=O)N2CCCC(c3cc4cccnc4[nH]3)C2)on1. The monoisotopic (exact) mass is 324 g/mol. The zero-order valence-electron chi connectivity index (χ0n) is 13.7. The standard InChI is InChI=1S/C18H20N4O2/c1-2-14-10-16(24-21-14)18(23)22-8-4-6-13(11-22)15-9-12-5-3-7-19-17(12)20-15/h3,5,7,9-10,13H,2,4,6,8,11H2,1H3,(H,19,20). The van der Waals surface area contributed by atoms with Crippen molar-refractivity contribution in [3.05, 3.63) is 47.6 Å². The molecule has 0 saturated carbocycles. The molecule has 0 radical (unpaired) electrons. The van der Waals surface area contributed by atoms with Gasteiger partial charge in [-0.1, -0.05) is 12.1 Å². The molecule has 1 atom stereocenters. The minimum atomic E-state index is -0.0684. The lowest BCUT2D eigenvalue weighted by atomic mass is 9.94. The molecule has 6 nitrogen and oxygen atoms in total. The van der Waals surface area contributed by atoms with Crippen molar-refractivity contribution >= 4 is 16.9 Å². The van der Waals surface area contributed by atoms with Gasteiger partial charge in [0.2, 0.25) is 5.76 Å². The zero-order valence-corrected chi connectivity index (χ0v) is 13.7. The molecule has 0 bridgehead atoms. The molecule has 124 valence electrons. The first-order valence-corrected chi connectivity index (χ1v) is 8.43. The number of aromatic amines is 1. The molecule has 0 spiro atoms. The van der Waals surface area contributed by atoms with Gasteiger partial charge in [0.25, 0.3) is 5.91 Å². The summed E-state index contributed by atoms with van der Waals surface area (Å²) in [6.07, 6.45) is 4.59. The Morgan fingerprint density at radius 2 is 2.38 bits per heavy atom. The van der Waals surface area contributed by atoms with Crippen LogP contribution in [0.5, 0.6) is 0 Å². The van der Waals surface area contributed by atoms with Gasteiger partial charge in [0.1, 0.15) is 5.65 Å². The number of nitrogens with zero attached hydrogens (tertiary/aromatic N) is 3. The van der Waals surface area contributed by atoms with Crippen LogP contribution in [0.25, 0.3) is 11.0 Å². The van der Waals surface area contributed by atoms with E-state index in [2.05, 4.69) is 27.3 Å². The number of aromatic nitrogens is 3. The molecule has 0 aliphatic carbocycles. The first kappa shape index (κ1) is 14.9. The third kappa shape index (κ3) is 2.68. The van der Waals surface area contributed by atoms with E-state index in [0.717, 1.165) is 48.2 Å². The van der Waals surface area contributed by atoms with E-state index in [-0.39, 0.29) is 5.91 Å². The molecule has 0 aromatic carbocycles. The van der Waals surface area contributed by atoms with Crippen LogP contribution < -0.4 is 0 Å². The largest absolute Gasteiger partial charge is 0.351 e. The van der Waals surface area contributed by atoms with Crippen molar-refractivity contribution in [2.24, 2.45) is 0 Å². The molecular formula is C18H20N4O2. The van der Waals surface area contributed by atoms with Gasteiger partial charge in [0.05, 0.1) is 5.69 Å². The molecule has 1 saturated heterocycles. The number of carbonyl (C=O) groups excluding carboxylic acids is 1. The summed E-state index contributed by atoms with van der Waals surface area (Å²) in [7, 11) is 0. The number of H-pyrrole nitrogens is 1. The van der Waals surface area contributed by atoms with Gasteiger partial charge < -0.3 is 14.4 Å². The van der Waals surface area contributed by atoms with Gasteiger partial charge in [-0.05, 0) is 37.5 Å². The average molecular weight is 324 g/mol. The lowest BCUT2D eigenvalue weighted by Gasteiger charge is -2.31. The van der Waals surface area contributed by atoms with Gasteiger partial charge in [-0.2, -0.15) is 0 Å². The van der Waals surface area contributed by atoms with Crippen LogP contribution in [-0.2, 0) is 6.42 Å². The molecule has 1 aliphatic rings. The van der Waals surface area contributed by atoms with Crippen molar-refractivity contribution < 1.29 is 9.32 Å². The third-order valence-corrected chi connectivity index (χ3v) is 4.69. The second kappa shape index (κ2) is 6.11. The number of amides is 1. The van der Waals surface area contributed by atoms with Crippen LogP contribution in [0.3, 0.4) is 0 Å². The third-order valence-electron chi connectivity index (χ3n) is 4.69. The summed E-state index contributed by atoms with van der Waals surface area (Å²) in [6.45, 7) is 3.44. The summed E-state index contributed by atoms with van der Waals surface area (Å²) in [5, 5.41) is 5.03. The van der Waals surface area contributed by atoms with E-state index >= 15 is 0 Å². The Kier molecular flexibility index (Phi) is 3.80. The highest BCUT2D eigenvalue weighted by molar-refractivity contribution is 5.91. The first-order chi connectivity index (χ1) is 11.7. The molecule has 1 fully saturated rings. The van der Waals surface area contributed by atoms with Crippen LogP contribution in [0.2, 0.25) is 0 Å². The number of nitrogens with one attached hydrogen (secondary N) is 1. The fourth-order valence-electron chi connectivity index (χ4n) is 3.35. The number of rotatable bonds is 3. The Hall–Kier alpha value is -2.63. The number of piperidine rings is 1. The lowest BCUT2D eigenvalue weighted by molar-refractivity contribution is 0.0664. The maximum absolute atomic E-state index is 12.6. The Morgan fingerprint density at radius 3 is 3.17 bits per heavy atom. The summed E-state index contributed by atoms with van der Waals surface area (Å²) in [5.41, 5.74) is 2.86. The molecule has 24 heavy (non-hydrogen) atoms. The molecule has 3 aromatic rings. The quantitative estimate of drug-likeness (QED) is 0.803. The topological polar surface area (TPSA) is 75.0 Å². The minimum Gasteiger partial charge on any atom is -0.351 e. The summed E-state index contributed by atoms with van der Waals surface area (Å²) in [5.74, 6) is 0.567. The molecule has 3 aromatic heterocycles. The molecule has 1 N–H and O–H groups in total. The maximum Gasteiger partial charge on any atom is 0.292 e. The van der Waals surface area contributed by atoms with E-state index < -0.39 is 0 Å². The average Bonchev–Trinajstić information content (AvgIpc) is 3.28. The first-order valence-electron chi connectivity index (χ1n) is 8.43. The predicted octanol–water partition coefficient (Wildman–Crippen LogP) is 3.13. The molecule has 4 heterocycles. The number of carbonyl (C=O) groups is 1. The Labute approximate surface area is 139 Å². The smallest absolute Gasteiger partial charge is 0.292 e. The highest BCUT2D eigenvalue weighted by Gasteiger charge is 2.28. The second-order valence-electron chi connectivity index (χ2n) is 6.29. The molecule has 1 amide bonds. The highest BCUT2D eigenvalue weighted by Crippen LogP contribution is 2.29. The van der Waals surface area contributed by atoms with E-state index in [1.54, 1.807) is 12.3 Å². The van der Waals surface area contributed by atoms with Crippen molar-refractivity contribution in [1.82, 2.24) is 20.0 Å². The number of likely N-dealkylation sites (tertiary alicyclic amines) is 1. The van der Waals surface area contributed by atoms with Crippen LogP contribution in [0.15, 0.2) is 35.0 Å². The number of fused-ring (bicyclic) bond motifs is 1. The number of hydrogen-bond donors (Lipinski definition) is 1. The van der Waals surface area contributed by atoms with Crippen LogP contribution in [0.4, 0.5) is 0 Å². The molecular weight excluding hydrogens is 304 g/mol. The summed E-state index contributed by atoms with van der Waals surface area (Å²) < 4.78 is 5.20. The lowest BCUT2D eigenvalue weighted by Crippen LogP contribution is -2.39. The minimum absolute atomic E-state index is 0.0684. The zero-order chi connectivity index (χ0) is 16.5. The van der Waals surface area contributed by atoms with Gasteiger partial charge in [-0.15, -0.1) is 0 Å². The number of pyridine rings is 1. The van der Waals surface area contributed by atoms with E-state index in [9.17, 15) is 4.79 Å². The van der Waals surface area contributed by atoms with E-state index in [4.69, 9.17) is 4.52 Å². The van der Waals surface area contributed by atoms with E-state index in [0.29, 0.717) is 18.2 Å². The van der Waals surface area contributed by atoms with Gasteiger partial charge in [0.15, 0.2) is 0 Å². The Balaban J connectivity index is 1.53. The Morgan fingerprint density at radius 1 is 1.46 bits per heavy atom.